The predicted octanol–water partition coefficient (Wildman–Crippen LogP) is -0.625. The zero-order valence-corrected chi connectivity index (χ0v) is 5.98. The molecule has 0 atom stereocenters. The maximum Gasteiger partial charge on any atom is 0.394 e. The van der Waals surface area contributed by atoms with Crippen LogP contribution in [0.4, 0.5) is 0 Å². The van der Waals surface area contributed by atoms with Gasteiger partial charge in [-0.15, -0.1) is 0 Å². The lowest BCUT2D eigenvalue weighted by Crippen LogP contribution is -2.29. The van der Waals surface area contributed by atoms with Gasteiger partial charge in [0.1, 0.15) is 0 Å². The van der Waals surface area contributed by atoms with Crippen molar-refractivity contribution in [2.75, 3.05) is 0 Å². The monoisotopic (exact) mass is 170 g/mol. The smallest absolute Gasteiger partial charge is 0.394 e. The number of amides is 1. The topological polar surface area (TPSA) is 92.4 Å². The van der Waals surface area contributed by atoms with Crippen molar-refractivity contribution >= 4 is 11.9 Å². The van der Waals surface area contributed by atoms with Gasteiger partial charge in [-0.25, -0.2) is 4.79 Å². The van der Waals surface area contributed by atoms with Crippen molar-refractivity contribution in [1.82, 2.24) is 10.5 Å². The van der Waals surface area contributed by atoms with Crippen molar-refractivity contribution in [3.05, 3.63) is 18.0 Å². The lowest BCUT2D eigenvalue weighted by atomic mass is 10.4. The number of nitrogens with zero attached hydrogens (tertiary/aromatic N) is 1. The van der Waals surface area contributed by atoms with Gasteiger partial charge in [-0.1, -0.05) is 5.16 Å². The highest BCUT2D eigenvalue weighted by molar-refractivity contribution is 6.31. The molecule has 64 valence electrons. The maximum absolute atomic E-state index is 10.5. The molecule has 0 saturated carbocycles. The van der Waals surface area contributed by atoms with E-state index in [1.807, 2.05) is 0 Å². The van der Waals surface area contributed by atoms with Crippen LogP contribution in [-0.2, 0) is 16.1 Å². The first-order valence-electron chi connectivity index (χ1n) is 3.11. The Kier molecular flexibility index (Phi) is 2.42. The highest BCUT2D eigenvalue weighted by atomic mass is 16.5. The van der Waals surface area contributed by atoms with E-state index in [0.717, 1.165) is 0 Å². The van der Waals surface area contributed by atoms with Crippen LogP contribution in [0.15, 0.2) is 16.8 Å². The quantitative estimate of drug-likeness (QED) is 0.577. The molecule has 2 N–H and O–H groups in total. The molecule has 0 aliphatic heterocycles. The minimum absolute atomic E-state index is 0.0329. The summed E-state index contributed by atoms with van der Waals surface area (Å²) in [6.07, 6.45) is 1.41. The second-order valence-electron chi connectivity index (χ2n) is 1.97. The van der Waals surface area contributed by atoms with Crippen LogP contribution in [0.5, 0.6) is 0 Å². The Morgan fingerprint density at radius 3 is 2.92 bits per heavy atom. The number of carboxylic acids is 1. The molecule has 1 aromatic rings. The number of carbonyl (C=O) groups excluding carboxylic acids is 1. The van der Waals surface area contributed by atoms with Gasteiger partial charge in [0.2, 0.25) is 0 Å². The van der Waals surface area contributed by atoms with Gasteiger partial charge in [0, 0.05) is 6.07 Å². The average Bonchev–Trinajstić information content (AvgIpc) is 2.51. The molecule has 12 heavy (non-hydrogen) atoms. The van der Waals surface area contributed by atoms with Crippen LogP contribution >= 0.6 is 0 Å². The molecular weight excluding hydrogens is 164 g/mol. The summed E-state index contributed by atoms with van der Waals surface area (Å²) in [5.74, 6) is -2.18. The summed E-state index contributed by atoms with van der Waals surface area (Å²) in [6.45, 7) is 0.0329. The number of aromatic nitrogens is 1. The van der Waals surface area contributed by atoms with E-state index in [-0.39, 0.29) is 6.54 Å². The minimum Gasteiger partial charge on any atom is -0.474 e. The number of aliphatic carboxylic acids is 1. The highest BCUT2D eigenvalue weighted by Gasteiger charge is 2.10. The SMILES string of the molecule is O=C(O)C(=O)NCc1ccno1. The molecule has 0 radical (unpaired) electrons. The molecular formula is C6H6N2O4. The van der Waals surface area contributed by atoms with Gasteiger partial charge in [-0.2, -0.15) is 0 Å². The minimum atomic E-state index is -1.52. The number of hydrogen-bond donors (Lipinski definition) is 2. The molecule has 1 amide bonds. The van der Waals surface area contributed by atoms with Gasteiger partial charge >= 0.3 is 11.9 Å². The second-order valence-corrected chi connectivity index (χ2v) is 1.97. The number of carbonyl (C=O) groups is 2. The van der Waals surface area contributed by atoms with Gasteiger partial charge < -0.3 is 14.9 Å². The number of nitrogens with one attached hydrogen (secondary N) is 1. The summed E-state index contributed by atoms with van der Waals surface area (Å²) in [4.78, 5) is 20.5. The van der Waals surface area contributed by atoms with E-state index in [9.17, 15) is 9.59 Å². The van der Waals surface area contributed by atoms with Gasteiger partial charge in [-0.3, -0.25) is 4.79 Å². The van der Waals surface area contributed by atoms with Crippen molar-refractivity contribution in [1.29, 1.82) is 0 Å². The van der Waals surface area contributed by atoms with Gasteiger partial charge in [0.05, 0.1) is 12.7 Å². The lowest BCUT2D eigenvalue weighted by Gasteiger charge is -1.95. The van der Waals surface area contributed by atoms with E-state index in [2.05, 4.69) is 15.0 Å². The third-order valence-corrected chi connectivity index (χ3v) is 1.11. The summed E-state index contributed by atoms with van der Waals surface area (Å²) in [5, 5.41) is 13.6. The first-order chi connectivity index (χ1) is 5.70. The van der Waals surface area contributed by atoms with E-state index in [4.69, 9.17) is 5.11 Å². The highest BCUT2D eigenvalue weighted by Crippen LogP contribution is 1.94. The summed E-state index contributed by atoms with van der Waals surface area (Å²) >= 11 is 0. The van der Waals surface area contributed by atoms with E-state index >= 15 is 0 Å². The molecule has 0 bridgehead atoms. The first-order valence-corrected chi connectivity index (χ1v) is 3.11. The molecule has 1 heterocycles. The van der Waals surface area contributed by atoms with Crippen LogP contribution in [0, 0.1) is 0 Å². The zero-order valence-electron chi connectivity index (χ0n) is 5.98. The summed E-state index contributed by atoms with van der Waals surface area (Å²) in [6, 6.07) is 1.53. The maximum atomic E-state index is 10.5. The Bertz CT molecular complexity index is 280. The van der Waals surface area contributed by atoms with Crippen molar-refractivity contribution < 1.29 is 19.2 Å². The molecule has 0 aliphatic rings. The first kappa shape index (κ1) is 8.25. The Hall–Kier alpha value is -1.85. The Morgan fingerprint density at radius 1 is 1.67 bits per heavy atom. The fraction of sp³-hybridized carbons (Fsp3) is 0.167. The van der Waals surface area contributed by atoms with Crippen LogP contribution < -0.4 is 5.32 Å². The molecule has 1 aromatic heterocycles. The lowest BCUT2D eigenvalue weighted by molar-refractivity contribution is -0.150. The average molecular weight is 170 g/mol. The predicted molar refractivity (Wildman–Crippen MR) is 36.0 cm³/mol. The molecule has 0 unspecified atom stereocenters. The Balaban J connectivity index is 2.37. The van der Waals surface area contributed by atoms with Crippen LogP contribution in [0.1, 0.15) is 5.76 Å². The van der Waals surface area contributed by atoms with Gasteiger partial charge in [0.25, 0.3) is 0 Å². The third kappa shape index (κ3) is 2.08. The van der Waals surface area contributed by atoms with Crippen molar-refractivity contribution in [3.63, 3.8) is 0 Å². The normalized spacial score (nSPS) is 9.33. The largest absolute Gasteiger partial charge is 0.474 e. The summed E-state index contributed by atoms with van der Waals surface area (Å²) in [7, 11) is 0. The van der Waals surface area contributed by atoms with E-state index in [1.165, 1.54) is 12.3 Å². The standard InChI is InChI=1S/C6H6N2O4/c9-5(6(10)11)7-3-4-1-2-8-12-4/h1-2H,3H2,(H,7,9)(H,10,11). The number of carboxylic acid groups (broad SMARTS) is 1. The summed E-state index contributed by atoms with van der Waals surface area (Å²) < 4.78 is 4.61. The number of hydrogen-bond acceptors (Lipinski definition) is 4. The number of rotatable bonds is 2. The van der Waals surface area contributed by atoms with Gasteiger partial charge in [0.15, 0.2) is 5.76 Å². The molecule has 6 nitrogen and oxygen atoms in total. The van der Waals surface area contributed by atoms with E-state index in [1.54, 1.807) is 0 Å². The van der Waals surface area contributed by atoms with E-state index < -0.39 is 11.9 Å². The summed E-state index contributed by atoms with van der Waals surface area (Å²) in [5.41, 5.74) is 0. The molecule has 0 saturated heterocycles. The fourth-order valence-corrected chi connectivity index (χ4v) is 0.576. The molecule has 0 spiro atoms. The second kappa shape index (κ2) is 3.51. The van der Waals surface area contributed by atoms with Crippen LogP contribution in [0.25, 0.3) is 0 Å². The fourth-order valence-electron chi connectivity index (χ4n) is 0.576. The van der Waals surface area contributed by atoms with E-state index in [0.29, 0.717) is 5.76 Å². The molecule has 6 heteroatoms. The van der Waals surface area contributed by atoms with Crippen LogP contribution in [0.3, 0.4) is 0 Å². The molecule has 0 fully saturated rings. The van der Waals surface area contributed by atoms with Crippen LogP contribution in [-0.4, -0.2) is 22.1 Å². The van der Waals surface area contributed by atoms with Gasteiger partial charge in [-0.05, 0) is 0 Å². The zero-order chi connectivity index (χ0) is 8.97. The van der Waals surface area contributed by atoms with Crippen LogP contribution in [0.2, 0.25) is 0 Å². The molecule has 0 aromatic carbocycles. The molecule has 0 aliphatic carbocycles. The Labute approximate surface area is 67.2 Å². The Morgan fingerprint density at radius 2 is 2.42 bits per heavy atom. The van der Waals surface area contributed by atoms with Crippen molar-refractivity contribution in [3.8, 4) is 0 Å². The van der Waals surface area contributed by atoms with Crippen molar-refractivity contribution in [2.24, 2.45) is 0 Å². The third-order valence-electron chi connectivity index (χ3n) is 1.11. The molecule has 1 rings (SSSR count). The van der Waals surface area contributed by atoms with Crippen molar-refractivity contribution in [2.45, 2.75) is 6.54 Å².